The molecule has 0 saturated heterocycles. The molecule has 0 heterocycles. The molecule has 2 heteroatoms. The summed E-state index contributed by atoms with van der Waals surface area (Å²) in [4.78, 5) is 0. The molecule has 0 radical (unpaired) electrons. The molecule has 86 valence electrons. The lowest BCUT2D eigenvalue weighted by atomic mass is 9.99. The van der Waals surface area contributed by atoms with Crippen LogP contribution in [0.15, 0.2) is 11.6 Å². The molecule has 0 aromatic carbocycles. The largest absolute Gasteiger partial charge is 0.380 e. The predicted octanol–water partition coefficient (Wildman–Crippen LogP) is 2.26. The molecule has 0 aromatic rings. The van der Waals surface area contributed by atoms with Gasteiger partial charge in [0.1, 0.15) is 11.7 Å². The van der Waals surface area contributed by atoms with Crippen LogP contribution in [0.5, 0.6) is 0 Å². The maximum Gasteiger partial charge on any atom is 0.123 e. The summed E-state index contributed by atoms with van der Waals surface area (Å²) in [5.74, 6) is 5.36. The minimum Gasteiger partial charge on any atom is -0.380 e. The summed E-state index contributed by atoms with van der Waals surface area (Å²) in [6.07, 6.45) is 3.46. The van der Waals surface area contributed by atoms with Gasteiger partial charge in [-0.15, -0.1) is 0 Å². The van der Waals surface area contributed by atoms with Gasteiger partial charge in [0.25, 0.3) is 0 Å². The third-order valence-electron chi connectivity index (χ3n) is 2.08. The molecule has 0 fully saturated rings. The lowest BCUT2D eigenvalue weighted by Crippen LogP contribution is -2.21. The number of allylic oxidation sites excluding steroid dienone is 2. The van der Waals surface area contributed by atoms with Crippen LogP contribution >= 0.6 is 0 Å². The van der Waals surface area contributed by atoms with Crippen LogP contribution in [0.4, 0.5) is 0 Å². The minimum atomic E-state index is -0.998. The highest BCUT2D eigenvalue weighted by molar-refractivity contribution is 5.15. The quantitative estimate of drug-likeness (QED) is 0.552. The second-order valence-corrected chi connectivity index (χ2v) is 4.29. The summed E-state index contributed by atoms with van der Waals surface area (Å²) in [6, 6.07) is 0. The lowest BCUT2D eigenvalue weighted by molar-refractivity contribution is 0.112. The first kappa shape index (κ1) is 14.2. The van der Waals surface area contributed by atoms with Crippen molar-refractivity contribution in [3.8, 4) is 11.8 Å². The van der Waals surface area contributed by atoms with Gasteiger partial charge >= 0.3 is 0 Å². The fourth-order valence-corrected chi connectivity index (χ4v) is 1.05. The third kappa shape index (κ3) is 8.23. The number of aliphatic hydroxyl groups is 2. The Kier molecular flexibility index (Phi) is 6.31. The Morgan fingerprint density at radius 3 is 2.53 bits per heavy atom. The number of rotatable bonds is 4. The zero-order valence-electron chi connectivity index (χ0n) is 10.2. The standard InChI is InChI=1S/C13H22O2/c1-5-12(14)8-10-13(4,15)9-6-7-11(2)3/h7,12,14-15H,5-6,9H2,1-4H3. The van der Waals surface area contributed by atoms with Crippen molar-refractivity contribution >= 4 is 0 Å². The molecule has 15 heavy (non-hydrogen) atoms. The molecular weight excluding hydrogens is 188 g/mol. The summed E-state index contributed by atoms with van der Waals surface area (Å²) in [5.41, 5.74) is 0.245. The molecule has 0 bridgehead atoms. The first-order valence-corrected chi connectivity index (χ1v) is 5.44. The molecule has 0 amide bonds. The van der Waals surface area contributed by atoms with Crippen molar-refractivity contribution in [3.63, 3.8) is 0 Å². The Balaban J connectivity index is 4.16. The van der Waals surface area contributed by atoms with Crippen LogP contribution in [0, 0.1) is 11.8 Å². The number of aliphatic hydroxyl groups excluding tert-OH is 1. The maximum atomic E-state index is 9.86. The average molecular weight is 210 g/mol. The molecule has 0 saturated carbocycles. The lowest BCUT2D eigenvalue weighted by Gasteiger charge is -2.15. The fraction of sp³-hybridized carbons (Fsp3) is 0.692. The van der Waals surface area contributed by atoms with Crippen molar-refractivity contribution < 1.29 is 10.2 Å². The molecule has 0 rings (SSSR count). The Bertz CT molecular complexity index is 262. The molecule has 2 nitrogen and oxygen atoms in total. The zero-order chi connectivity index (χ0) is 11.9. The van der Waals surface area contributed by atoms with Gasteiger partial charge in [0.05, 0.1) is 0 Å². The van der Waals surface area contributed by atoms with Crippen LogP contribution < -0.4 is 0 Å². The molecule has 2 atom stereocenters. The molecular formula is C13H22O2. The van der Waals surface area contributed by atoms with Gasteiger partial charge in [0.15, 0.2) is 0 Å². The Labute approximate surface area is 93.0 Å². The number of hydrogen-bond donors (Lipinski definition) is 2. The minimum absolute atomic E-state index is 0.594. The molecule has 0 aliphatic rings. The maximum absolute atomic E-state index is 9.86. The van der Waals surface area contributed by atoms with Crippen molar-refractivity contribution in [1.29, 1.82) is 0 Å². The zero-order valence-corrected chi connectivity index (χ0v) is 10.2. The van der Waals surface area contributed by atoms with Gasteiger partial charge in [-0.2, -0.15) is 0 Å². The van der Waals surface area contributed by atoms with E-state index in [1.54, 1.807) is 6.92 Å². The smallest absolute Gasteiger partial charge is 0.123 e. The van der Waals surface area contributed by atoms with E-state index in [4.69, 9.17) is 0 Å². The van der Waals surface area contributed by atoms with E-state index in [-0.39, 0.29) is 0 Å². The first-order valence-electron chi connectivity index (χ1n) is 5.44. The second-order valence-electron chi connectivity index (χ2n) is 4.29. The Morgan fingerprint density at radius 1 is 1.47 bits per heavy atom. The van der Waals surface area contributed by atoms with E-state index in [0.717, 1.165) is 6.42 Å². The summed E-state index contributed by atoms with van der Waals surface area (Å²) in [5, 5.41) is 19.1. The van der Waals surface area contributed by atoms with Crippen molar-refractivity contribution in [2.24, 2.45) is 0 Å². The van der Waals surface area contributed by atoms with Crippen molar-refractivity contribution in [2.45, 2.75) is 58.7 Å². The molecule has 0 spiro atoms. The van der Waals surface area contributed by atoms with E-state index < -0.39 is 11.7 Å². The average Bonchev–Trinajstić information content (AvgIpc) is 2.13. The van der Waals surface area contributed by atoms with Gasteiger partial charge in [-0.3, -0.25) is 0 Å². The van der Waals surface area contributed by atoms with Crippen molar-refractivity contribution in [2.75, 3.05) is 0 Å². The van der Waals surface area contributed by atoms with Gasteiger partial charge in [0, 0.05) is 0 Å². The van der Waals surface area contributed by atoms with Gasteiger partial charge < -0.3 is 10.2 Å². The highest BCUT2D eigenvalue weighted by Gasteiger charge is 2.15. The topological polar surface area (TPSA) is 40.5 Å². The fourth-order valence-electron chi connectivity index (χ4n) is 1.05. The highest BCUT2D eigenvalue weighted by Crippen LogP contribution is 2.12. The SMILES string of the molecule is CCC(O)C#CC(C)(O)CCC=C(C)C. The first-order chi connectivity index (χ1) is 6.87. The Hall–Kier alpha value is -0.780. The Morgan fingerprint density at radius 2 is 2.07 bits per heavy atom. The van der Waals surface area contributed by atoms with E-state index in [1.807, 2.05) is 20.8 Å². The summed E-state index contributed by atoms with van der Waals surface area (Å²) >= 11 is 0. The molecule has 0 aliphatic heterocycles. The van der Waals surface area contributed by atoms with Crippen LogP contribution in [0.3, 0.4) is 0 Å². The monoisotopic (exact) mass is 210 g/mol. The van der Waals surface area contributed by atoms with E-state index in [1.165, 1.54) is 5.57 Å². The van der Waals surface area contributed by atoms with Crippen LogP contribution in [-0.2, 0) is 0 Å². The van der Waals surface area contributed by atoms with E-state index in [2.05, 4.69) is 17.9 Å². The van der Waals surface area contributed by atoms with Crippen LogP contribution in [0.1, 0.15) is 47.0 Å². The van der Waals surface area contributed by atoms with Gasteiger partial charge in [-0.25, -0.2) is 0 Å². The predicted molar refractivity (Wildman–Crippen MR) is 63.4 cm³/mol. The molecule has 0 aliphatic carbocycles. The van der Waals surface area contributed by atoms with Crippen LogP contribution in [-0.4, -0.2) is 21.9 Å². The van der Waals surface area contributed by atoms with Gasteiger partial charge in [-0.05, 0) is 40.0 Å². The second kappa shape index (κ2) is 6.66. The van der Waals surface area contributed by atoms with Crippen molar-refractivity contribution in [1.82, 2.24) is 0 Å². The molecule has 2 N–H and O–H groups in total. The summed E-state index contributed by atoms with van der Waals surface area (Å²) in [7, 11) is 0. The van der Waals surface area contributed by atoms with Crippen LogP contribution in [0.2, 0.25) is 0 Å². The van der Waals surface area contributed by atoms with E-state index in [0.29, 0.717) is 12.8 Å². The highest BCUT2D eigenvalue weighted by atomic mass is 16.3. The molecule has 0 aromatic heterocycles. The summed E-state index contributed by atoms with van der Waals surface area (Å²) < 4.78 is 0. The third-order valence-corrected chi connectivity index (χ3v) is 2.08. The van der Waals surface area contributed by atoms with Gasteiger partial charge in [-0.1, -0.05) is 30.4 Å². The molecule has 2 unspecified atom stereocenters. The van der Waals surface area contributed by atoms with E-state index in [9.17, 15) is 10.2 Å². The van der Waals surface area contributed by atoms with E-state index >= 15 is 0 Å². The normalized spacial score (nSPS) is 15.9. The van der Waals surface area contributed by atoms with Gasteiger partial charge in [0.2, 0.25) is 0 Å². The summed E-state index contributed by atoms with van der Waals surface area (Å²) in [6.45, 7) is 7.60. The van der Waals surface area contributed by atoms with Crippen LogP contribution in [0.25, 0.3) is 0 Å². The number of hydrogen-bond acceptors (Lipinski definition) is 2. The van der Waals surface area contributed by atoms with Crippen molar-refractivity contribution in [3.05, 3.63) is 11.6 Å².